The van der Waals surface area contributed by atoms with E-state index in [2.05, 4.69) is 48.9 Å². The highest BCUT2D eigenvalue weighted by Gasteiger charge is 2.30. The quantitative estimate of drug-likeness (QED) is 0.413. The standard InChI is InChI=1S/C30H45N3O2/c1-4-7-9-24-20-26-10-8-17-31-29(26)28(21-24)35-27-15-18-32(19-16-27)22-23-11-13-25(14-12-23)30(34)33(5-2)6-3/h8,10,17,20-21,23,25,27H,4-7,9,11-16,18-19,22H2,1-3H3. The number of piperidine rings is 1. The maximum atomic E-state index is 12.7. The monoisotopic (exact) mass is 479 g/mol. The molecule has 1 aromatic carbocycles. The predicted molar refractivity (Wildman–Crippen MR) is 144 cm³/mol. The Morgan fingerprint density at radius 3 is 2.49 bits per heavy atom. The molecule has 192 valence electrons. The van der Waals surface area contributed by atoms with E-state index in [1.807, 2.05) is 17.2 Å². The second kappa shape index (κ2) is 12.7. The van der Waals surface area contributed by atoms with Crippen LogP contribution in [-0.2, 0) is 11.2 Å². The molecule has 0 unspecified atom stereocenters. The molecule has 5 heteroatoms. The molecule has 0 bridgehead atoms. The highest BCUT2D eigenvalue weighted by Crippen LogP contribution is 2.32. The number of benzene rings is 1. The number of nitrogens with zero attached hydrogens (tertiary/aromatic N) is 3. The summed E-state index contributed by atoms with van der Waals surface area (Å²) in [6, 6.07) is 8.67. The number of rotatable bonds is 10. The first-order valence-electron chi connectivity index (χ1n) is 14.2. The minimum Gasteiger partial charge on any atom is -0.488 e. The summed E-state index contributed by atoms with van der Waals surface area (Å²) in [6.45, 7) is 11.5. The van der Waals surface area contributed by atoms with Crippen molar-refractivity contribution in [3.63, 3.8) is 0 Å². The molecule has 0 spiro atoms. The number of likely N-dealkylation sites (tertiary alicyclic amines) is 1. The fourth-order valence-electron chi connectivity index (χ4n) is 5.97. The molecule has 5 nitrogen and oxygen atoms in total. The first-order valence-corrected chi connectivity index (χ1v) is 14.2. The molecule has 0 atom stereocenters. The van der Waals surface area contributed by atoms with Gasteiger partial charge in [-0.15, -0.1) is 0 Å². The molecule has 0 N–H and O–H groups in total. The van der Waals surface area contributed by atoms with E-state index in [1.165, 1.54) is 43.2 Å². The van der Waals surface area contributed by atoms with Gasteiger partial charge in [0.1, 0.15) is 17.4 Å². The number of carbonyl (C=O) groups excluding carboxylic acids is 1. The normalized spacial score (nSPS) is 21.8. The van der Waals surface area contributed by atoms with E-state index in [0.29, 0.717) is 5.91 Å². The van der Waals surface area contributed by atoms with Crippen molar-refractivity contribution >= 4 is 16.8 Å². The minimum atomic E-state index is 0.252. The second-order valence-corrected chi connectivity index (χ2v) is 10.6. The molecule has 35 heavy (non-hydrogen) atoms. The van der Waals surface area contributed by atoms with Crippen molar-refractivity contribution in [2.45, 2.75) is 84.7 Å². The van der Waals surface area contributed by atoms with Crippen LogP contribution in [0.25, 0.3) is 10.9 Å². The van der Waals surface area contributed by atoms with Crippen molar-refractivity contribution in [3.8, 4) is 5.75 Å². The zero-order chi connectivity index (χ0) is 24.6. The first kappa shape index (κ1) is 25.9. The number of aromatic nitrogens is 1. The molecule has 4 rings (SSSR count). The summed E-state index contributed by atoms with van der Waals surface area (Å²) in [5.74, 6) is 2.33. The van der Waals surface area contributed by atoms with E-state index in [9.17, 15) is 4.79 Å². The van der Waals surface area contributed by atoms with Gasteiger partial charge in [0.15, 0.2) is 0 Å². The van der Waals surface area contributed by atoms with E-state index in [1.54, 1.807) is 0 Å². The SMILES string of the molecule is CCCCc1cc(OC2CCN(CC3CCC(C(=O)N(CC)CC)CC3)CC2)c2ncccc2c1. The lowest BCUT2D eigenvalue weighted by atomic mass is 9.81. The van der Waals surface area contributed by atoms with Crippen LogP contribution in [0.3, 0.4) is 0 Å². The Balaban J connectivity index is 1.26. The molecule has 1 amide bonds. The molecule has 1 aliphatic heterocycles. The Bertz CT molecular complexity index is 942. The zero-order valence-corrected chi connectivity index (χ0v) is 22.2. The third kappa shape index (κ3) is 6.75. The maximum absolute atomic E-state index is 12.7. The van der Waals surface area contributed by atoms with E-state index < -0.39 is 0 Å². The van der Waals surface area contributed by atoms with Crippen LogP contribution in [-0.4, -0.2) is 59.5 Å². The van der Waals surface area contributed by atoms with Crippen LogP contribution in [0, 0.1) is 11.8 Å². The van der Waals surface area contributed by atoms with E-state index in [-0.39, 0.29) is 12.0 Å². The second-order valence-electron chi connectivity index (χ2n) is 10.6. The van der Waals surface area contributed by atoms with Crippen LogP contribution >= 0.6 is 0 Å². The third-order valence-corrected chi connectivity index (χ3v) is 8.16. The lowest BCUT2D eigenvalue weighted by Gasteiger charge is -2.37. The number of hydrogen-bond donors (Lipinski definition) is 0. The van der Waals surface area contributed by atoms with Gasteiger partial charge in [0.25, 0.3) is 0 Å². The molecule has 2 fully saturated rings. The molecule has 1 aromatic heterocycles. The summed E-state index contributed by atoms with van der Waals surface area (Å²) in [7, 11) is 0. The Hall–Kier alpha value is -2.14. The van der Waals surface area contributed by atoms with Crippen LogP contribution in [0.15, 0.2) is 30.5 Å². The minimum absolute atomic E-state index is 0.252. The highest BCUT2D eigenvalue weighted by molar-refractivity contribution is 5.85. The number of fused-ring (bicyclic) bond motifs is 1. The first-order chi connectivity index (χ1) is 17.1. The van der Waals surface area contributed by atoms with Gasteiger partial charge < -0.3 is 14.5 Å². The van der Waals surface area contributed by atoms with Gasteiger partial charge in [-0.25, -0.2) is 0 Å². The van der Waals surface area contributed by atoms with Crippen LogP contribution in [0.4, 0.5) is 0 Å². The largest absolute Gasteiger partial charge is 0.488 e. The van der Waals surface area contributed by atoms with Crippen molar-refractivity contribution in [2.24, 2.45) is 11.8 Å². The van der Waals surface area contributed by atoms with Crippen LogP contribution < -0.4 is 4.74 Å². The summed E-state index contributed by atoms with van der Waals surface area (Å²) in [6.07, 6.45) is 12.3. The van der Waals surface area contributed by atoms with Gasteiger partial charge in [-0.3, -0.25) is 9.78 Å². The molecule has 2 aliphatic rings. The molecule has 1 aliphatic carbocycles. The lowest BCUT2D eigenvalue weighted by Crippen LogP contribution is -2.42. The fraction of sp³-hybridized carbons (Fsp3) is 0.667. The molecular formula is C30H45N3O2. The maximum Gasteiger partial charge on any atom is 0.225 e. The fourth-order valence-corrected chi connectivity index (χ4v) is 5.97. The Morgan fingerprint density at radius 2 is 1.80 bits per heavy atom. The van der Waals surface area contributed by atoms with Crippen molar-refractivity contribution < 1.29 is 9.53 Å². The Kier molecular flexibility index (Phi) is 9.42. The number of ether oxygens (including phenoxy) is 1. The Labute approximate surface area is 212 Å². The number of unbranched alkanes of at least 4 members (excludes halogenated alkanes) is 1. The van der Waals surface area contributed by atoms with Crippen LogP contribution in [0.5, 0.6) is 5.75 Å². The van der Waals surface area contributed by atoms with E-state index in [4.69, 9.17) is 4.74 Å². The van der Waals surface area contributed by atoms with Gasteiger partial charge in [-0.1, -0.05) is 19.4 Å². The van der Waals surface area contributed by atoms with Gasteiger partial charge >= 0.3 is 0 Å². The van der Waals surface area contributed by atoms with Crippen LogP contribution in [0.2, 0.25) is 0 Å². The average Bonchev–Trinajstić information content (AvgIpc) is 2.89. The molecule has 2 heterocycles. The number of amides is 1. The Morgan fingerprint density at radius 1 is 1.06 bits per heavy atom. The van der Waals surface area contributed by atoms with Crippen molar-refractivity contribution in [3.05, 3.63) is 36.0 Å². The van der Waals surface area contributed by atoms with Gasteiger partial charge in [0.2, 0.25) is 5.91 Å². The summed E-state index contributed by atoms with van der Waals surface area (Å²) < 4.78 is 6.58. The zero-order valence-electron chi connectivity index (χ0n) is 22.2. The molecule has 2 aromatic rings. The summed E-state index contributed by atoms with van der Waals surface area (Å²) >= 11 is 0. The number of hydrogen-bond acceptors (Lipinski definition) is 4. The summed E-state index contributed by atoms with van der Waals surface area (Å²) in [5, 5.41) is 1.18. The van der Waals surface area contributed by atoms with Crippen molar-refractivity contribution in [1.82, 2.24) is 14.8 Å². The number of aryl methyl sites for hydroxylation is 1. The average molecular weight is 480 g/mol. The van der Waals surface area contributed by atoms with E-state index in [0.717, 1.165) is 75.5 Å². The molecule has 1 saturated carbocycles. The van der Waals surface area contributed by atoms with Crippen molar-refractivity contribution in [1.29, 1.82) is 0 Å². The van der Waals surface area contributed by atoms with Gasteiger partial charge in [-0.2, -0.15) is 0 Å². The summed E-state index contributed by atoms with van der Waals surface area (Å²) in [4.78, 5) is 22.0. The van der Waals surface area contributed by atoms with E-state index >= 15 is 0 Å². The molecular weight excluding hydrogens is 434 g/mol. The molecule has 0 radical (unpaired) electrons. The lowest BCUT2D eigenvalue weighted by molar-refractivity contribution is -0.136. The molecule has 1 saturated heterocycles. The smallest absolute Gasteiger partial charge is 0.225 e. The van der Waals surface area contributed by atoms with Gasteiger partial charge in [0.05, 0.1) is 0 Å². The van der Waals surface area contributed by atoms with Gasteiger partial charge in [-0.05, 0) is 94.9 Å². The van der Waals surface area contributed by atoms with Crippen LogP contribution in [0.1, 0.15) is 77.7 Å². The number of carbonyl (C=O) groups is 1. The number of pyridine rings is 1. The highest BCUT2D eigenvalue weighted by atomic mass is 16.5. The van der Waals surface area contributed by atoms with Crippen molar-refractivity contribution in [2.75, 3.05) is 32.7 Å². The third-order valence-electron chi connectivity index (χ3n) is 8.16. The summed E-state index contributed by atoms with van der Waals surface area (Å²) in [5.41, 5.74) is 2.35. The van der Waals surface area contributed by atoms with Gasteiger partial charge in [0, 0.05) is 50.2 Å². The predicted octanol–water partition coefficient (Wildman–Crippen LogP) is 6.10. The topological polar surface area (TPSA) is 45.7 Å².